The van der Waals surface area contributed by atoms with Crippen LogP contribution in [0, 0.1) is 6.92 Å². The van der Waals surface area contributed by atoms with Crippen molar-refractivity contribution in [1.82, 2.24) is 4.90 Å². The van der Waals surface area contributed by atoms with E-state index in [1.54, 1.807) is 0 Å². The van der Waals surface area contributed by atoms with Gasteiger partial charge in [-0.15, -0.1) is 0 Å². The molecule has 0 N–H and O–H groups in total. The average molecular weight is 464 g/mol. The lowest BCUT2D eigenvalue weighted by Gasteiger charge is -2.26. The molecule has 3 aromatic carbocycles. The van der Waals surface area contributed by atoms with Crippen LogP contribution in [0.2, 0.25) is 0 Å². The first-order valence-corrected chi connectivity index (χ1v) is 12.7. The van der Waals surface area contributed by atoms with Crippen LogP contribution in [0.4, 0.5) is 5.69 Å². The molecule has 0 saturated heterocycles. The number of anilines is 1. The van der Waals surface area contributed by atoms with Crippen molar-refractivity contribution >= 4 is 17.8 Å². The maximum absolute atomic E-state index is 13.6. The molecule has 35 heavy (non-hydrogen) atoms. The Morgan fingerprint density at radius 1 is 0.914 bits per heavy atom. The number of hydrogen-bond donors (Lipinski definition) is 0. The van der Waals surface area contributed by atoms with Crippen molar-refractivity contribution in [2.75, 3.05) is 24.5 Å². The van der Waals surface area contributed by atoms with Gasteiger partial charge in [0.25, 0.3) is 5.91 Å². The fourth-order valence-corrected chi connectivity index (χ4v) is 5.05. The Labute approximate surface area is 208 Å². The van der Waals surface area contributed by atoms with Crippen molar-refractivity contribution in [1.29, 1.82) is 0 Å². The van der Waals surface area contributed by atoms with Crippen molar-refractivity contribution in [2.24, 2.45) is 4.99 Å². The van der Waals surface area contributed by atoms with Gasteiger partial charge in [-0.05, 0) is 78.6 Å². The molecule has 2 aliphatic heterocycles. The van der Waals surface area contributed by atoms with Crippen LogP contribution in [0.1, 0.15) is 47.2 Å². The highest BCUT2D eigenvalue weighted by molar-refractivity contribution is 5.95. The minimum absolute atomic E-state index is 0.107. The standard InChI is InChI=1S/C31H33N3O/c1-24-10-7-8-14-29(24)31(35)34-19-18-33(22-25-11-4-3-9-17-32-21-25)30-16-15-27(20-28(30)23-34)26-12-5-2-6-13-26/h2,5-8,10,12-17,20-21H,3-4,9,11,18-19,22-23H2,1H3/b25-21+,32-17?. The number of carbonyl (C=O) groups is 1. The lowest BCUT2D eigenvalue weighted by Crippen LogP contribution is -2.36. The van der Waals surface area contributed by atoms with E-state index in [2.05, 4.69) is 58.6 Å². The third-order valence-corrected chi connectivity index (χ3v) is 7.03. The molecule has 0 aromatic heterocycles. The van der Waals surface area contributed by atoms with E-state index in [1.807, 2.05) is 48.4 Å². The molecule has 0 unspecified atom stereocenters. The van der Waals surface area contributed by atoms with Gasteiger partial charge in [-0.2, -0.15) is 0 Å². The number of carbonyl (C=O) groups excluding carboxylic acids is 1. The molecule has 2 aliphatic rings. The van der Waals surface area contributed by atoms with Crippen LogP contribution in [0.25, 0.3) is 11.1 Å². The minimum atomic E-state index is 0.107. The Morgan fingerprint density at radius 2 is 1.74 bits per heavy atom. The van der Waals surface area contributed by atoms with Gasteiger partial charge in [-0.3, -0.25) is 9.79 Å². The molecule has 5 rings (SSSR count). The monoisotopic (exact) mass is 463 g/mol. The quantitative estimate of drug-likeness (QED) is 0.434. The number of nitrogens with zero attached hydrogens (tertiary/aromatic N) is 3. The van der Waals surface area contributed by atoms with Gasteiger partial charge >= 0.3 is 0 Å². The number of fused-ring (bicyclic) bond motifs is 1. The zero-order chi connectivity index (χ0) is 24.0. The largest absolute Gasteiger partial charge is 0.365 e. The third kappa shape index (κ3) is 5.37. The Bertz CT molecular complexity index is 1250. The smallest absolute Gasteiger partial charge is 0.254 e. The Balaban J connectivity index is 1.50. The summed E-state index contributed by atoms with van der Waals surface area (Å²) in [6.07, 6.45) is 8.62. The highest BCUT2D eigenvalue weighted by Crippen LogP contribution is 2.32. The molecule has 4 nitrogen and oxygen atoms in total. The molecule has 0 saturated carbocycles. The maximum atomic E-state index is 13.6. The van der Waals surface area contributed by atoms with E-state index in [0.717, 1.165) is 37.1 Å². The second-order valence-corrected chi connectivity index (χ2v) is 9.54. The third-order valence-electron chi connectivity index (χ3n) is 7.03. The van der Waals surface area contributed by atoms with Gasteiger partial charge in [-0.1, -0.05) is 54.6 Å². The Hall–Kier alpha value is -3.66. The zero-order valence-corrected chi connectivity index (χ0v) is 20.5. The summed E-state index contributed by atoms with van der Waals surface area (Å²) in [5.41, 5.74) is 7.97. The average Bonchev–Trinajstić information content (AvgIpc) is 3.05. The van der Waals surface area contributed by atoms with E-state index >= 15 is 0 Å². The zero-order valence-electron chi connectivity index (χ0n) is 20.5. The molecule has 4 heteroatoms. The number of hydrogen-bond acceptors (Lipinski definition) is 3. The summed E-state index contributed by atoms with van der Waals surface area (Å²) >= 11 is 0. The Morgan fingerprint density at radius 3 is 2.60 bits per heavy atom. The van der Waals surface area contributed by atoms with Gasteiger partial charge in [0, 0.05) is 49.8 Å². The van der Waals surface area contributed by atoms with Crippen molar-refractivity contribution in [3.05, 3.63) is 101 Å². The lowest BCUT2D eigenvalue weighted by molar-refractivity contribution is 0.0751. The van der Waals surface area contributed by atoms with Gasteiger partial charge in [0.05, 0.1) is 0 Å². The van der Waals surface area contributed by atoms with Gasteiger partial charge < -0.3 is 9.80 Å². The van der Waals surface area contributed by atoms with E-state index in [1.165, 1.54) is 40.8 Å². The molecule has 0 spiro atoms. The summed E-state index contributed by atoms with van der Waals surface area (Å²) < 4.78 is 0. The van der Waals surface area contributed by atoms with Crippen LogP contribution in [0.3, 0.4) is 0 Å². The second kappa shape index (κ2) is 10.7. The summed E-state index contributed by atoms with van der Waals surface area (Å²) in [7, 11) is 0. The molecular formula is C31H33N3O. The van der Waals surface area contributed by atoms with Crippen LogP contribution in [0.15, 0.2) is 89.6 Å². The summed E-state index contributed by atoms with van der Waals surface area (Å²) in [4.78, 5) is 22.6. The number of aliphatic imine (C=N–C) groups is 1. The molecule has 0 fully saturated rings. The van der Waals surface area contributed by atoms with E-state index in [9.17, 15) is 4.79 Å². The molecule has 0 atom stereocenters. The SMILES string of the molecule is Cc1ccccc1C(=O)N1CCN(C/C2=C/N=CCCCC2)c2ccc(-c3ccccc3)cc2C1. The first-order valence-electron chi connectivity index (χ1n) is 12.7. The molecule has 0 aliphatic carbocycles. The van der Waals surface area contributed by atoms with Crippen molar-refractivity contribution in [3.63, 3.8) is 0 Å². The lowest BCUT2D eigenvalue weighted by atomic mass is 10.0. The predicted molar refractivity (Wildman–Crippen MR) is 145 cm³/mol. The first kappa shape index (κ1) is 23.1. The fourth-order valence-electron chi connectivity index (χ4n) is 5.05. The highest BCUT2D eigenvalue weighted by atomic mass is 16.2. The molecule has 2 heterocycles. The van der Waals surface area contributed by atoms with E-state index in [0.29, 0.717) is 13.1 Å². The predicted octanol–water partition coefficient (Wildman–Crippen LogP) is 6.65. The molecular weight excluding hydrogens is 430 g/mol. The summed E-state index contributed by atoms with van der Waals surface area (Å²) in [5.74, 6) is 0.107. The Kier molecular flexibility index (Phi) is 7.08. The fraction of sp³-hybridized carbons (Fsp3) is 0.290. The number of benzene rings is 3. The van der Waals surface area contributed by atoms with Crippen LogP contribution < -0.4 is 4.90 Å². The van der Waals surface area contributed by atoms with Crippen LogP contribution >= 0.6 is 0 Å². The van der Waals surface area contributed by atoms with Gasteiger partial charge in [0.1, 0.15) is 0 Å². The summed E-state index contributed by atoms with van der Waals surface area (Å²) in [6, 6.07) is 25.1. The van der Waals surface area contributed by atoms with E-state index in [-0.39, 0.29) is 5.91 Å². The molecule has 3 aromatic rings. The first-order chi connectivity index (χ1) is 17.2. The van der Waals surface area contributed by atoms with Crippen molar-refractivity contribution < 1.29 is 4.79 Å². The summed E-state index contributed by atoms with van der Waals surface area (Å²) in [6.45, 7) is 4.97. The summed E-state index contributed by atoms with van der Waals surface area (Å²) in [5, 5.41) is 0. The normalized spacial score (nSPS) is 17.6. The number of aryl methyl sites for hydroxylation is 1. The maximum Gasteiger partial charge on any atom is 0.254 e. The van der Waals surface area contributed by atoms with Gasteiger partial charge in [0.15, 0.2) is 0 Å². The highest BCUT2D eigenvalue weighted by Gasteiger charge is 2.25. The van der Waals surface area contributed by atoms with Crippen LogP contribution in [0.5, 0.6) is 0 Å². The van der Waals surface area contributed by atoms with Crippen molar-refractivity contribution in [3.8, 4) is 11.1 Å². The minimum Gasteiger partial charge on any atom is -0.365 e. The topological polar surface area (TPSA) is 35.9 Å². The molecule has 0 bridgehead atoms. The number of rotatable bonds is 4. The number of amides is 1. The van der Waals surface area contributed by atoms with Crippen LogP contribution in [-0.4, -0.2) is 36.7 Å². The van der Waals surface area contributed by atoms with Crippen molar-refractivity contribution in [2.45, 2.75) is 39.2 Å². The molecule has 178 valence electrons. The second-order valence-electron chi connectivity index (χ2n) is 9.54. The van der Waals surface area contributed by atoms with E-state index in [4.69, 9.17) is 0 Å². The molecule has 1 amide bonds. The van der Waals surface area contributed by atoms with Crippen LogP contribution in [-0.2, 0) is 6.54 Å². The van der Waals surface area contributed by atoms with E-state index < -0.39 is 0 Å². The van der Waals surface area contributed by atoms with Gasteiger partial charge in [-0.25, -0.2) is 0 Å². The van der Waals surface area contributed by atoms with Gasteiger partial charge in [0.2, 0.25) is 0 Å². The molecule has 0 radical (unpaired) electrons.